The van der Waals surface area contributed by atoms with Gasteiger partial charge < -0.3 is 19.5 Å². The Morgan fingerprint density at radius 3 is 2.75 bits per heavy atom. The van der Waals surface area contributed by atoms with E-state index in [1.807, 2.05) is 41.8 Å². The first-order chi connectivity index (χ1) is 11.6. The van der Waals surface area contributed by atoms with E-state index in [9.17, 15) is 15.0 Å². The average molecular weight is 324 g/mol. The fourth-order valence-electron chi connectivity index (χ4n) is 2.79. The van der Waals surface area contributed by atoms with Crippen molar-refractivity contribution in [1.82, 2.24) is 9.30 Å². The highest BCUT2D eigenvalue weighted by Crippen LogP contribution is 2.20. The van der Waals surface area contributed by atoms with Gasteiger partial charge >= 0.3 is 0 Å². The summed E-state index contributed by atoms with van der Waals surface area (Å²) in [6.07, 6.45) is 0.995. The van der Waals surface area contributed by atoms with Crippen molar-refractivity contribution in [2.45, 2.75) is 13.0 Å². The topological polar surface area (TPSA) is 65.2 Å². The summed E-state index contributed by atoms with van der Waals surface area (Å²) in [6.45, 7) is 2.52. The quantitative estimate of drug-likeness (QED) is 0.758. The van der Waals surface area contributed by atoms with Crippen LogP contribution in [0.2, 0.25) is 0 Å². The highest BCUT2D eigenvalue weighted by Gasteiger charge is 2.21. The van der Waals surface area contributed by atoms with Crippen LogP contribution in [0.3, 0.4) is 0 Å². The van der Waals surface area contributed by atoms with Crippen molar-refractivity contribution >= 4 is 11.4 Å². The third-order valence-corrected chi connectivity index (χ3v) is 4.10. The Kier molecular flexibility index (Phi) is 4.53. The Bertz CT molecular complexity index is 856. The molecule has 1 unspecified atom stereocenters. The predicted molar refractivity (Wildman–Crippen MR) is 92.0 cm³/mol. The maximum atomic E-state index is 12.8. The molecule has 0 radical (unpaired) electrons. The number of aromatic nitrogens is 1. The van der Waals surface area contributed by atoms with Crippen LogP contribution in [-0.4, -0.2) is 38.5 Å². The summed E-state index contributed by atoms with van der Waals surface area (Å²) in [5.74, 6) is -0.0404. The van der Waals surface area contributed by atoms with E-state index in [4.69, 9.17) is 0 Å². The molecule has 0 aliphatic rings. The smallest absolute Gasteiger partial charge is 0.270 e. The van der Waals surface area contributed by atoms with Crippen molar-refractivity contribution in [3.8, 4) is 5.75 Å². The van der Waals surface area contributed by atoms with E-state index in [0.717, 1.165) is 5.52 Å². The number of amides is 1. The number of fused-ring (bicyclic) bond motifs is 1. The number of carbonyl (C=O) groups excluding carboxylic acids is 1. The number of hydrogen-bond acceptors (Lipinski definition) is 3. The van der Waals surface area contributed by atoms with Gasteiger partial charge in [0.15, 0.2) is 0 Å². The number of likely N-dealkylation sites (N-methyl/N-ethyl adjacent to an activating group) is 1. The maximum Gasteiger partial charge on any atom is 0.270 e. The first-order valence-corrected chi connectivity index (χ1v) is 7.92. The molecule has 2 heterocycles. The maximum absolute atomic E-state index is 12.8. The molecule has 24 heavy (non-hydrogen) atoms. The van der Waals surface area contributed by atoms with Gasteiger partial charge in [-0.05, 0) is 48.9 Å². The molecule has 5 nitrogen and oxygen atoms in total. The number of pyridine rings is 1. The van der Waals surface area contributed by atoms with E-state index in [1.54, 1.807) is 29.2 Å². The minimum Gasteiger partial charge on any atom is -0.508 e. The Labute approximate surface area is 140 Å². The van der Waals surface area contributed by atoms with Gasteiger partial charge in [-0.15, -0.1) is 0 Å². The van der Waals surface area contributed by atoms with Gasteiger partial charge in [0.1, 0.15) is 11.4 Å². The third-order valence-electron chi connectivity index (χ3n) is 4.10. The van der Waals surface area contributed by atoms with Gasteiger partial charge in [-0.1, -0.05) is 18.2 Å². The molecule has 0 spiro atoms. The van der Waals surface area contributed by atoms with Crippen LogP contribution in [0.25, 0.3) is 5.52 Å². The van der Waals surface area contributed by atoms with Crippen LogP contribution >= 0.6 is 0 Å². The van der Waals surface area contributed by atoms with E-state index >= 15 is 0 Å². The highest BCUT2D eigenvalue weighted by atomic mass is 16.3. The second kappa shape index (κ2) is 6.76. The van der Waals surface area contributed by atoms with Crippen LogP contribution in [0.15, 0.2) is 60.8 Å². The highest BCUT2D eigenvalue weighted by molar-refractivity contribution is 5.94. The number of phenols is 1. The van der Waals surface area contributed by atoms with Gasteiger partial charge in [0.05, 0.1) is 12.6 Å². The fraction of sp³-hybridized carbons (Fsp3) is 0.211. The molecular formula is C19H20N2O3. The molecule has 2 aromatic heterocycles. The minimum absolute atomic E-state index is 0.0958. The molecule has 0 bridgehead atoms. The van der Waals surface area contributed by atoms with Crippen molar-refractivity contribution in [3.63, 3.8) is 0 Å². The SMILES string of the molecule is CCN(CC(O)c1cccc(O)c1)C(=O)c1ccc2ccccn12. The van der Waals surface area contributed by atoms with Crippen molar-refractivity contribution in [2.75, 3.05) is 13.1 Å². The molecule has 3 rings (SSSR count). The zero-order chi connectivity index (χ0) is 17.1. The summed E-state index contributed by atoms with van der Waals surface area (Å²) in [6, 6.07) is 15.9. The van der Waals surface area contributed by atoms with Gasteiger partial charge in [0.25, 0.3) is 5.91 Å². The Morgan fingerprint density at radius 2 is 2.00 bits per heavy atom. The van der Waals surface area contributed by atoms with E-state index in [2.05, 4.69) is 0 Å². The van der Waals surface area contributed by atoms with Crippen LogP contribution < -0.4 is 0 Å². The zero-order valence-corrected chi connectivity index (χ0v) is 13.5. The second-order valence-electron chi connectivity index (χ2n) is 5.67. The summed E-state index contributed by atoms with van der Waals surface area (Å²) in [7, 11) is 0. The van der Waals surface area contributed by atoms with Gasteiger partial charge in [-0.25, -0.2) is 0 Å². The third kappa shape index (κ3) is 3.12. The minimum atomic E-state index is -0.854. The second-order valence-corrected chi connectivity index (χ2v) is 5.67. The van der Waals surface area contributed by atoms with Crippen LogP contribution in [0.5, 0.6) is 5.75 Å². The average Bonchev–Trinajstić information content (AvgIpc) is 3.03. The van der Waals surface area contributed by atoms with E-state index in [-0.39, 0.29) is 18.2 Å². The van der Waals surface area contributed by atoms with E-state index in [0.29, 0.717) is 17.8 Å². The predicted octanol–water partition coefficient (Wildman–Crippen LogP) is 2.84. The number of aliphatic hydroxyl groups excluding tert-OH is 1. The molecule has 1 aromatic carbocycles. The summed E-state index contributed by atoms with van der Waals surface area (Å²) >= 11 is 0. The van der Waals surface area contributed by atoms with Gasteiger partial charge in [0, 0.05) is 18.3 Å². The van der Waals surface area contributed by atoms with E-state index < -0.39 is 6.10 Å². The Hall–Kier alpha value is -2.79. The van der Waals surface area contributed by atoms with Gasteiger partial charge in [-0.3, -0.25) is 4.79 Å². The van der Waals surface area contributed by atoms with Crippen LogP contribution in [0, 0.1) is 0 Å². The molecule has 1 atom stereocenters. The molecule has 124 valence electrons. The number of benzene rings is 1. The van der Waals surface area contributed by atoms with Crippen molar-refractivity contribution in [2.24, 2.45) is 0 Å². The Morgan fingerprint density at radius 1 is 1.17 bits per heavy atom. The van der Waals surface area contributed by atoms with E-state index in [1.165, 1.54) is 6.07 Å². The first kappa shape index (κ1) is 16.1. The number of aliphatic hydroxyl groups is 1. The summed E-state index contributed by atoms with van der Waals surface area (Å²) in [5.41, 5.74) is 2.10. The lowest BCUT2D eigenvalue weighted by atomic mass is 10.1. The molecule has 0 fully saturated rings. The van der Waals surface area contributed by atoms with Crippen LogP contribution in [0.1, 0.15) is 29.1 Å². The van der Waals surface area contributed by atoms with Crippen molar-refractivity contribution in [1.29, 1.82) is 0 Å². The first-order valence-electron chi connectivity index (χ1n) is 7.92. The monoisotopic (exact) mass is 324 g/mol. The van der Waals surface area contributed by atoms with Crippen LogP contribution in [-0.2, 0) is 0 Å². The lowest BCUT2D eigenvalue weighted by Crippen LogP contribution is -2.35. The molecule has 3 aromatic rings. The molecule has 1 amide bonds. The summed E-state index contributed by atoms with van der Waals surface area (Å²) < 4.78 is 1.84. The normalized spacial score (nSPS) is 12.2. The molecule has 0 aliphatic carbocycles. The largest absolute Gasteiger partial charge is 0.508 e. The number of rotatable bonds is 5. The number of carbonyl (C=O) groups is 1. The zero-order valence-electron chi connectivity index (χ0n) is 13.5. The lowest BCUT2D eigenvalue weighted by molar-refractivity contribution is 0.0628. The molecule has 0 saturated heterocycles. The number of hydrogen-bond donors (Lipinski definition) is 2. The van der Waals surface area contributed by atoms with Crippen molar-refractivity contribution in [3.05, 3.63) is 72.1 Å². The number of aromatic hydroxyl groups is 1. The number of nitrogens with zero attached hydrogens (tertiary/aromatic N) is 2. The molecular weight excluding hydrogens is 304 g/mol. The molecule has 5 heteroatoms. The summed E-state index contributed by atoms with van der Waals surface area (Å²) in [4.78, 5) is 14.4. The number of phenolic OH excluding ortho intramolecular Hbond substituents is 1. The van der Waals surface area contributed by atoms with Crippen molar-refractivity contribution < 1.29 is 15.0 Å². The lowest BCUT2D eigenvalue weighted by Gasteiger charge is -2.24. The van der Waals surface area contributed by atoms with Gasteiger partial charge in [-0.2, -0.15) is 0 Å². The van der Waals surface area contributed by atoms with Gasteiger partial charge in [0.2, 0.25) is 0 Å². The molecule has 2 N–H and O–H groups in total. The fourth-order valence-corrected chi connectivity index (χ4v) is 2.79. The van der Waals surface area contributed by atoms with Crippen LogP contribution in [0.4, 0.5) is 0 Å². The molecule has 0 saturated carbocycles. The molecule has 0 aliphatic heterocycles. The standard InChI is InChI=1S/C19H20N2O3/c1-2-20(13-18(23)14-6-5-8-16(22)12-14)19(24)17-10-9-15-7-3-4-11-21(15)17/h3-12,18,22-23H,2,13H2,1H3. The Balaban J connectivity index is 1.82. The summed E-state index contributed by atoms with van der Waals surface area (Å²) in [5, 5.41) is 19.9.